The van der Waals surface area contributed by atoms with Gasteiger partial charge in [-0.05, 0) is 13.8 Å². The molecule has 16 heavy (non-hydrogen) atoms. The van der Waals surface area contributed by atoms with Crippen LogP contribution in [0.5, 0.6) is 0 Å². The monoisotopic (exact) mass is 234 g/mol. The maximum absolute atomic E-state index is 11.4. The summed E-state index contributed by atoms with van der Waals surface area (Å²) in [5, 5.41) is 8.29. The quantitative estimate of drug-likeness (QED) is 0.458. The number of hydrogen-bond donors (Lipinski definition) is 2. The van der Waals surface area contributed by atoms with Crippen molar-refractivity contribution in [1.29, 1.82) is 0 Å². The number of carbonyl (C=O) groups is 2. The number of urea groups is 1. The van der Waals surface area contributed by atoms with E-state index in [0.717, 1.165) is 0 Å². The van der Waals surface area contributed by atoms with Crippen LogP contribution in [0.2, 0.25) is 0 Å². The van der Waals surface area contributed by atoms with Crippen LogP contribution >= 0.6 is 0 Å². The van der Waals surface area contributed by atoms with Crippen molar-refractivity contribution in [2.24, 2.45) is 0 Å². The predicted molar refractivity (Wildman–Crippen MR) is 55.9 cm³/mol. The van der Waals surface area contributed by atoms with Gasteiger partial charge in [0.05, 0.1) is 6.61 Å². The first-order valence-electron chi connectivity index (χ1n) is 5.08. The lowest BCUT2D eigenvalue weighted by Gasteiger charge is -2.20. The number of ether oxygens (including phenoxy) is 1. The summed E-state index contributed by atoms with van der Waals surface area (Å²) in [7, 11) is 0. The van der Waals surface area contributed by atoms with Crippen molar-refractivity contribution in [1.82, 2.24) is 10.4 Å². The zero-order valence-corrected chi connectivity index (χ0v) is 9.56. The topological polar surface area (TPSA) is 88.1 Å². The van der Waals surface area contributed by atoms with E-state index >= 15 is 0 Å². The first kappa shape index (κ1) is 14.7. The van der Waals surface area contributed by atoms with E-state index in [1.54, 1.807) is 0 Å². The van der Waals surface area contributed by atoms with Crippen LogP contribution in [0.15, 0.2) is 0 Å². The third-order valence-corrected chi connectivity index (χ3v) is 1.73. The molecule has 0 atom stereocenters. The van der Waals surface area contributed by atoms with Crippen LogP contribution in [0.3, 0.4) is 0 Å². The molecular formula is C9H18N2O5. The first-order valence-corrected chi connectivity index (χ1v) is 5.08. The number of amides is 2. The average molecular weight is 234 g/mol. The Hall–Kier alpha value is -1.34. The molecule has 0 aliphatic rings. The van der Waals surface area contributed by atoms with Crippen molar-refractivity contribution in [2.45, 2.75) is 13.8 Å². The summed E-state index contributed by atoms with van der Waals surface area (Å²) in [6.45, 7) is 5.08. The molecule has 0 aromatic rings. The maximum Gasteiger partial charge on any atom is 0.341 e. The minimum absolute atomic E-state index is 0.437. The van der Waals surface area contributed by atoms with Gasteiger partial charge < -0.3 is 14.7 Å². The van der Waals surface area contributed by atoms with Gasteiger partial charge in [-0.15, -0.1) is 0 Å². The second kappa shape index (κ2) is 8.93. The van der Waals surface area contributed by atoms with Crippen LogP contribution < -0.4 is 5.48 Å². The molecule has 0 rings (SSSR count). The molecule has 0 aliphatic carbocycles. The van der Waals surface area contributed by atoms with E-state index in [2.05, 4.69) is 4.84 Å². The molecule has 2 N–H and O–H groups in total. The van der Waals surface area contributed by atoms with Crippen LogP contribution in [-0.4, -0.2) is 54.9 Å². The largest absolute Gasteiger partial charge is 0.479 e. The fraction of sp³-hybridized carbons (Fsp3) is 0.778. The van der Waals surface area contributed by atoms with Gasteiger partial charge in [-0.2, -0.15) is 0 Å². The van der Waals surface area contributed by atoms with E-state index in [9.17, 15) is 9.59 Å². The van der Waals surface area contributed by atoms with Crippen LogP contribution in [0.1, 0.15) is 13.8 Å². The van der Waals surface area contributed by atoms with Crippen molar-refractivity contribution in [2.75, 3.05) is 32.9 Å². The fourth-order valence-corrected chi connectivity index (χ4v) is 0.946. The van der Waals surface area contributed by atoms with Crippen LogP contribution in [0.25, 0.3) is 0 Å². The molecule has 0 radical (unpaired) electrons. The zero-order valence-electron chi connectivity index (χ0n) is 9.56. The lowest BCUT2D eigenvalue weighted by molar-refractivity contribution is -0.144. The summed E-state index contributed by atoms with van der Waals surface area (Å²) in [4.78, 5) is 27.4. The van der Waals surface area contributed by atoms with E-state index in [0.29, 0.717) is 26.3 Å². The summed E-state index contributed by atoms with van der Waals surface area (Å²) < 4.78 is 5.10. The number of aliphatic carboxylic acids is 1. The van der Waals surface area contributed by atoms with Crippen LogP contribution in [0, 0.1) is 0 Å². The van der Waals surface area contributed by atoms with Gasteiger partial charge in [-0.3, -0.25) is 4.84 Å². The van der Waals surface area contributed by atoms with Crippen LogP contribution in [-0.2, 0) is 14.4 Å². The Kier molecular flexibility index (Phi) is 8.18. The van der Waals surface area contributed by atoms with Crippen LogP contribution in [0.4, 0.5) is 4.79 Å². The van der Waals surface area contributed by atoms with Gasteiger partial charge in [-0.25, -0.2) is 15.1 Å². The van der Waals surface area contributed by atoms with E-state index in [1.807, 2.05) is 19.3 Å². The smallest absolute Gasteiger partial charge is 0.341 e. The number of carboxylic acid groups (broad SMARTS) is 1. The second-order valence-electron chi connectivity index (χ2n) is 2.87. The molecule has 0 heterocycles. The highest BCUT2D eigenvalue weighted by Crippen LogP contribution is 1.90. The van der Waals surface area contributed by atoms with E-state index in [1.165, 1.54) is 4.90 Å². The third-order valence-electron chi connectivity index (χ3n) is 1.73. The Balaban J connectivity index is 3.77. The Morgan fingerprint density at radius 2 is 2.06 bits per heavy atom. The lowest BCUT2D eigenvalue weighted by Crippen LogP contribution is -2.42. The van der Waals surface area contributed by atoms with E-state index in [-0.39, 0.29) is 0 Å². The average Bonchev–Trinajstić information content (AvgIpc) is 2.23. The minimum Gasteiger partial charge on any atom is -0.479 e. The molecule has 0 saturated heterocycles. The van der Waals surface area contributed by atoms with Gasteiger partial charge in [0.1, 0.15) is 0 Å². The van der Waals surface area contributed by atoms with E-state index < -0.39 is 18.6 Å². The standard InChI is InChI=1S/C9H18N2O5/c1-3-11(5-6-15-4-2)9(14)10-16-7-8(12)13/h3-7H2,1-2H3,(H,10,14)(H,12,13). The van der Waals surface area contributed by atoms with Crippen molar-refractivity contribution in [3.63, 3.8) is 0 Å². The molecule has 7 nitrogen and oxygen atoms in total. The number of likely N-dealkylation sites (N-methyl/N-ethyl adjacent to an activating group) is 1. The second-order valence-corrected chi connectivity index (χ2v) is 2.87. The summed E-state index contributed by atoms with van der Waals surface area (Å²) in [6, 6.07) is -0.469. The molecule has 2 amide bonds. The van der Waals surface area contributed by atoms with Gasteiger partial charge >= 0.3 is 12.0 Å². The number of rotatable bonds is 8. The predicted octanol–water partition coefficient (Wildman–Crippen LogP) is 0.0706. The van der Waals surface area contributed by atoms with Gasteiger partial charge in [-0.1, -0.05) is 0 Å². The van der Waals surface area contributed by atoms with Crippen molar-refractivity contribution in [3.05, 3.63) is 0 Å². The normalized spacial score (nSPS) is 9.88. The molecule has 0 aromatic carbocycles. The molecule has 0 fully saturated rings. The molecular weight excluding hydrogens is 216 g/mol. The zero-order chi connectivity index (χ0) is 12.4. The first-order chi connectivity index (χ1) is 7.61. The SMILES string of the molecule is CCOCCN(CC)C(=O)NOCC(=O)O. The number of nitrogens with zero attached hydrogens (tertiary/aromatic N) is 1. The molecule has 0 aromatic heterocycles. The highest BCUT2D eigenvalue weighted by Gasteiger charge is 2.11. The Morgan fingerprint density at radius 1 is 1.38 bits per heavy atom. The molecule has 0 saturated carbocycles. The Labute approximate surface area is 94.3 Å². The van der Waals surface area contributed by atoms with Gasteiger partial charge in [0.2, 0.25) is 0 Å². The number of hydrogen-bond acceptors (Lipinski definition) is 4. The Morgan fingerprint density at radius 3 is 2.56 bits per heavy atom. The summed E-state index contributed by atoms with van der Waals surface area (Å²) in [5.74, 6) is -1.14. The molecule has 94 valence electrons. The molecule has 7 heteroatoms. The number of hydroxylamine groups is 1. The fourth-order valence-electron chi connectivity index (χ4n) is 0.946. The van der Waals surface area contributed by atoms with Gasteiger partial charge in [0.15, 0.2) is 6.61 Å². The Bertz CT molecular complexity index is 222. The number of carboxylic acids is 1. The summed E-state index contributed by atoms with van der Waals surface area (Å²) >= 11 is 0. The molecule has 0 aliphatic heterocycles. The van der Waals surface area contributed by atoms with Crippen molar-refractivity contribution < 1.29 is 24.3 Å². The minimum atomic E-state index is -1.14. The van der Waals surface area contributed by atoms with Crippen molar-refractivity contribution in [3.8, 4) is 0 Å². The summed E-state index contributed by atoms with van der Waals surface area (Å²) in [6.07, 6.45) is 0. The third kappa shape index (κ3) is 7.02. The maximum atomic E-state index is 11.4. The molecule has 0 bridgehead atoms. The number of nitrogens with one attached hydrogen (secondary N) is 1. The van der Waals surface area contributed by atoms with Crippen molar-refractivity contribution >= 4 is 12.0 Å². The summed E-state index contributed by atoms with van der Waals surface area (Å²) in [5.41, 5.74) is 2.04. The van der Waals surface area contributed by atoms with Gasteiger partial charge in [0, 0.05) is 19.7 Å². The van der Waals surface area contributed by atoms with Gasteiger partial charge in [0.25, 0.3) is 0 Å². The number of carbonyl (C=O) groups excluding carboxylic acids is 1. The highest BCUT2D eigenvalue weighted by molar-refractivity contribution is 5.73. The highest BCUT2D eigenvalue weighted by atomic mass is 16.7. The molecule has 0 unspecified atom stereocenters. The molecule has 0 spiro atoms. The van der Waals surface area contributed by atoms with E-state index in [4.69, 9.17) is 9.84 Å². The lowest BCUT2D eigenvalue weighted by atomic mass is 10.5.